The van der Waals surface area contributed by atoms with Crippen molar-refractivity contribution < 1.29 is 9.50 Å². The molecule has 0 radical (unpaired) electrons. The Labute approximate surface area is 174 Å². The van der Waals surface area contributed by atoms with Crippen LogP contribution in [0.2, 0.25) is 10.0 Å². The van der Waals surface area contributed by atoms with Crippen LogP contribution < -0.4 is 0 Å². The maximum atomic E-state index is 13.1. The highest BCUT2D eigenvalue weighted by atomic mass is 35.5. The summed E-state index contributed by atoms with van der Waals surface area (Å²) in [4.78, 5) is 9.12. The third kappa shape index (κ3) is 4.27. The summed E-state index contributed by atoms with van der Waals surface area (Å²) in [6, 6.07) is 8.10. The number of phenols is 1. The van der Waals surface area contributed by atoms with Crippen molar-refractivity contribution in [2.45, 2.75) is 25.9 Å². The number of aliphatic imine (C=N–C) groups is 1. The van der Waals surface area contributed by atoms with Crippen LogP contribution in [0.4, 0.5) is 10.1 Å². The first kappa shape index (κ1) is 19.5. The lowest BCUT2D eigenvalue weighted by atomic mass is 10.1. The maximum absolute atomic E-state index is 13.1. The monoisotopic (exact) mass is 421 g/mol. The zero-order valence-electron chi connectivity index (χ0n) is 15.6. The van der Waals surface area contributed by atoms with Crippen molar-refractivity contribution >= 4 is 34.7 Å². The van der Waals surface area contributed by atoms with Crippen LogP contribution in [-0.2, 0) is 13.1 Å². The molecule has 0 amide bonds. The number of hydrogen-bond donors (Lipinski definition) is 1. The lowest BCUT2D eigenvalue weighted by molar-refractivity contribution is 0.326. The minimum Gasteiger partial charge on any atom is -0.504 e. The van der Waals surface area contributed by atoms with E-state index in [0.29, 0.717) is 36.3 Å². The van der Waals surface area contributed by atoms with Gasteiger partial charge in [-0.2, -0.15) is 0 Å². The van der Waals surface area contributed by atoms with Gasteiger partial charge in [-0.3, -0.25) is 4.90 Å². The summed E-state index contributed by atoms with van der Waals surface area (Å²) in [6.07, 6.45) is 2.48. The van der Waals surface area contributed by atoms with Crippen molar-refractivity contribution in [1.82, 2.24) is 9.80 Å². The molecule has 0 spiro atoms. The van der Waals surface area contributed by atoms with Gasteiger partial charge in [0.25, 0.3) is 0 Å². The number of nitrogens with zero attached hydrogens (tertiary/aromatic N) is 3. The summed E-state index contributed by atoms with van der Waals surface area (Å²) < 4.78 is 13.1. The number of likely N-dealkylation sites (N-methyl/N-ethyl adjacent to an activating group) is 1. The number of hydrogen-bond acceptors (Lipinski definition) is 4. The van der Waals surface area contributed by atoms with Crippen molar-refractivity contribution in [3.05, 3.63) is 57.3 Å². The van der Waals surface area contributed by atoms with Gasteiger partial charge in [-0.1, -0.05) is 35.3 Å². The zero-order chi connectivity index (χ0) is 19.8. The van der Waals surface area contributed by atoms with Gasteiger partial charge in [0.1, 0.15) is 17.3 Å². The molecular formula is C21H22Cl2FN3O. The summed E-state index contributed by atoms with van der Waals surface area (Å²) in [5.41, 5.74) is 2.31. The van der Waals surface area contributed by atoms with Crippen LogP contribution >= 0.6 is 23.2 Å². The van der Waals surface area contributed by atoms with Gasteiger partial charge in [0, 0.05) is 30.2 Å². The molecule has 2 aliphatic rings. The summed E-state index contributed by atoms with van der Waals surface area (Å²) in [7, 11) is 2.00. The maximum Gasteiger partial charge on any atom is 0.160 e. The molecule has 4 rings (SSSR count). The van der Waals surface area contributed by atoms with Gasteiger partial charge >= 0.3 is 0 Å². The lowest BCUT2D eigenvalue weighted by Gasteiger charge is -2.33. The predicted molar refractivity (Wildman–Crippen MR) is 111 cm³/mol. The largest absolute Gasteiger partial charge is 0.504 e. The van der Waals surface area contributed by atoms with Gasteiger partial charge in [-0.15, -0.1) is 0 Å². The molecule has 148 valence electrons. The molecule has 0 atom stereocenters. The molecule has 1 aliphatic heterocycles. The van der Waals surface area contributed by atoms with Gasteiger partial charge in [0.15, 0.2) is 5.75 Å². The topological polar surface area (TPSA) is 39.1 Å². The van der Waals surface area contributed by atoms with Crippen LogP contribution in [0.1, 0.15) is 24.0 Å². The minimum atomic E-state index is -0.237. The van der Waals surface area contributed by atoms with Gasteiger partial charge in [0.2, 0.25) is 0 Å². The molecule has 1 saturated carbocycles. The fraction of sp³-hybridized carbons (Fsp3) is 0.381. The Morgan fingerprint density at radius 1 is 1.18 bits per heavy atom. The van der Waals surface area contributed by atoms with Gasteiger partial charge < -0.3 is 10.0 Å². The standard InChI is InChI=1S/C21H22Cl2FN3O/c1-26(9-13-4-6-15(24)7-5-13)12-19-25-20-16(11-27(19)10-14-2-3-14)17(22)8-18(23)21(20)28/h4-8,14,28H,2-3,9-12H2,1H3. The Hall–Kier alpha value is -1.82. The molecule has 2 aromatic rings. The van der Waals surface area contributed by atoms with Gasteiger partial charge in [-0.25, -0.2) is 9.38 Å². The Morgan fingerprint density at radius 3 is 2.57 bits per heavy atom. The third-order valence-electron chi connectivity index (χ3n) is 5.19. The molecule has 28 heavy (non-hydrogen) atoms. The molecule has 1 fully saturated rings. The summed E-state index contributed by atoms with van der Waals surface area (Å²) in [5.74, 6) is 1.32. The van der Waals surface area contributed by atoms with Crippen molar-refractivity contribution in [3.8, 4) is 5.75 Å². The van der Waals surface area contributed by atoms with E-state index >= 15 is 0 Å². The smallest absolute Gasteiger partial charge is 0.160 e. The first-order chi connectivity index (χ1) is 13.4. The average Bonchev–Trinajstić information content (AvgIpc) is 3.47. The second-order valence-electron chi connectivity index (χ2n) is 7.67. The molecule has 4 nitrogen and oxygen atoms in total. The Kier molecular flexibility index (Phi) is 5.50. The van der Waals surface area contributed by atoms with Crippen LogP contribution in [0.15, 0.2) is 35.3 Å². The first-order valence-electron chi connectivity index (χ1n) is 9.36. The SMILES string of the molecule is CN(CC1=Nc2c(O)c(Cl)cc(Cl)c2CN1CC1CC1)Cc1ccc(F)cc1. The van der Waals surface area contributed by atoms with Crippen molar-refractivity contribution in [3.63, 3.8) is 0 Å². The predicted octanol–water partition coefficient (Wildman–Crippen LogP) is 5.23. The van der Waals surface area contributed by atoms with Crippen LogP contribution in [0.5, 0.6) is 5.75 Å². The highest BCUT2D eigenvalue weighted by Crippen LogP contribution is 2.44. The fourth-order valence-corrected chi connectivity index (χ4v) is 4.02. The highest BCUT2D eigenvalue weighted by Gasteiger charge is 2.31. The second kappa shape index (κ2) is 7.90. The van der Waals surface area contributed by atoms with Crippen molar-refractivity contribution in [2.24, 2.45) is 10.9 Å². The molecule has 0 aromatic heterocycles. The number of phenolic OH excluding ortho intramolecular Hbond substituents is 1. The molecule has 0 bridgehead atoms. The van der Waals surface area contributed by atoms with E-state index in [0.717, 1.165) is 23.5 Å². The molecule has 1 N–H and O–H groups in total. The third-order valence-corrected chi connectivity index (χ3v) is 5.81. The minimum absolute atomic E-state index is 0.0224. The van der Waals surface area contributed by atoms with E-state index in [4.69, 9.17) is 28.2 Å². The number of benzene rings is 2. The average molecular weight is 422 g/mol. The van der Waals surface area contributed by atoms with Crippen LogP contribution in [0.25, 0.3) is 0 Å². The second-order valence-corrected chi connectivity index (χ2v) is 8.48. The molecule has 1 aliphatic carbocycles. The molecule has 1 heterocycles. The number of rotatable bonds is 6. The van der Waals surface area contributed by atoms with Gasteiger partial charge in [0.05, 0.1) is 11.6 Å². The Balaban J connectivity index is 1.59. The molecule has 0 unspecified atom stereocenters. The van der Waals surface area contributed by atoms with E-state index in [-0.39, 0.29) is 16.6 Å². The van der Waals surface area contributed by atoms with Crippen molar-refractivity contribution in [1.29, 1.82) is 0 Å². The number of amidine groups is 1. The van der Waals surface area contributed by atoms with E-state index in [9.17, 15) is 9.50 Å². The Morgan fingerprint density at radius 2 is 1.89 bits per heavy atom. The molecule has 7 heteroatoms. The van der Waals surface area contributed by atoms with E-state index in [1.54, 1.807) is 18.2 Å². The number of halogens is 3. The molecular weight excluding hydrogens is 400 g/mol. The summed E-state index contributed by atoms with van der Waals surface area (Å²) in [6.45, 7) is 2.82. The molecule has 2 aromatic carbocycles. The first-order valence-corrected chi connectivity index (χ1v) is 10.1. The molecule has 0 saturated heterocycles. The fourth-order valence-electron chi connectivity index (χ4n) is 3.50. The summed E-state index contributed by atoms with van der Waals surface area (Å²) >= 11 is 12.5. The van der Waals surface area contributed by atoms with E-state index in [1.807, 2.05) is 7.05 Å². The number of aromatic hydroxyl groups is 1. The van der Waals surface area contributed by atoms with E-state index < -0.39 is 0 Å². The normalized spacial score (nSPS) is 16.3. The van der Waals surface area contributed by atoms with E-state index in [2.05, 4.69) is 9.80 Å². The van der Waals surface area contributed by atoms with E-state index in [1.165, 1.54) is 25.0 Å². The highest BCUT2D eigenvalue weighted by molar-refractivity contribution is 6.36. The summed E-state index contributed by atoms with van der Waals surface area (Å²) in [5, 5.41) is 11.1. The Bertz CT molecular complexity index is 913. The van der Waals surface area contributed by atoms with Crippen molar-refractivity contribution in [2.75, 3.05) is 20.1 Å². The number of fused-ring (bicyclic) bond motifs is 1. The zero-order valence-corrected chi connectivity index (χ0v) is 17.1. The van der Waals surface area contributed by atoms with Crippen LogP contribution in [-0.4, -0.2) is 40.9 Å². The van der Waals surface area contributed by atoms with Crippen LogP contribution in [0, 0.1) is 11.7 Å². The quantitative estimate of drug-likeness (QED) is 0.694. The van der Waals surface area contributed by atoms with Gasteiger partial charge in [-0.05, 0) is 49.6 Å². The van der Waals surface area contributed by atoms with Crippen LogP contribution in [0.3, 0.4) is 0 Å². The lowest BCUT2D eigenvalue weighted by Crippen LogP contribution is -2.41.